The van der Waals surface area contributed by atoms with Crippen LogP contribution in [0.15, 0.2) is 36.5 Å². The normalized spacial score (nSPS) is 21.1. The zero-order valence-electron chi connectivity index (χ0n) is 12.2. The van der Waals surface area contributed by atoms with Crippen molar-refractivity contribution in [2.45, 2.75) is 19.0 Å². The van der Waals surface area contributed by atoms with Gasteiger partial charge < -0.3 is 15.4 Å². The summed E-state index contributed by atoms with van der Waals surface area (Å²) >= 11 is 0. The number of ether oxygens (including phenoxy) is 1. The van der Waals surface area contributed by atoms with Crippen LogP contribution in [0.1, 0.15) is 13.3 Å². The Bertz CT molecular complexity index is 691. The molecule has 1 aromatic carbocycles. The van der Waals surface area contributed by atoms with Gasteiger partial charge in [-0.2, -0.15) is 0 Å². The average Bonchev–Trinajstić information content (AvgIpc) is 2.84. The molecule has 1 aliphatic heterocycles. The highest BCUT2D eigenvalue weighted by Gasteiger charge is 2.34. The number of nitrogen functional groups attached to an aromatic ring is 1. The summed E-state index contributed by atoms with van der Waals surface area (Å²) < 4.78 is 33.0. The van der Waals surface area contributed by atoms with E-state index in [0.717, 1.165) is 0 Å². The molecule has 0 radical (unpaired) electrons. The zero-order chi connectivity index (χ0) is 15.7. The van der Waals surface area contributed by atoms with E-state index >= 15 is 0 Å². The van der Waals surface area contributed by atoms with Crippen LogP contribution in [0.3, 0.4) is 0 Å². The van der Waals surface area contributed by atoms with Crippen LogP contribution in [0.25, 0.3) is 0 Å². The van der Waals surface area contributed by atoms with E-state index in [-0.39, 0.29) is 5.69 Å². The third kappa shape index (κ3) is 3.10. The Labute approximate surface area is 127 Å². The molecule has 1 unspecified atom stereocenters. The molecular formula is C16H17F2N3O. The van der Waals surface area contributed by atoms with Gasteiger partial charge in [-0.15, -0.1) is 0 Å². The molecule has 3 rings (SSSR count). The Hall–Kier alpha value is -2.37. The molecule has 1 aliphatic rings. The van der Waals surface area contributed by atoms with Gasteiger partial charge in [-0.25, -0.2) is 13.8 Å². The summed E-state index contributed by atoms with van der Waals surface area (Å²) in [6.07, 6.45) is 2.06. The quantitative estimate of drug-likeness (QED) is 0.881. The van der Waals surface area contributed by atoms with E-state index in [0.29, 0.717) is 36.8 Å². The lowest BCUT2D eigenvalue weighted by atomic mass is 10.1. The van der Waals surface area contributed by atoms with E-state index < -0.39 is 11.5 Å². The number of rotatable bonds is 3. The molecule has 1 atom stereocenters. The molecule has 2 heterocycles. The van der Waals surface area contributed by atoms with Crippen LogP contribution in [0.2, 0.25) is 0 Å². The van der Waals surface area contributed by atoms with Crippen LogP contribution in [-0.2, 0) is 0 Å². The largest absolute Gasteiger partial charge is 0.457 e. The minimum atomic E-state index is -1.20. The average molecular weight is 305 g/mol. The first-order chi connectivity index (χ1) is 10.4. The van der Waals surface area contributed by atoms with Crippen LogP contribution in [0.5, 0.6) is 11.5 Å². The van der Waals surface area contributed by atoms with E-state index in [4.69, 9.17) is 10.5 Å². The van der Waals surface area contributed by atoms with E-state index in [1.807, 2.05) is 4.90 Å². The number of benzene rings is 1. The Morgan fingerprint density at radius 2 is 2.05 bits per heavy atom. The molecule has 1 saturated heterocycles. The van der Waals surface area contributed by atoms with Crippen molar-refractivity contribution in [2.24, 2.45) is 0 Å². The molecule has 2 aromatic rings. The number of pyridine rings is 1. The second kappa shape index (κ2) is 5.44. The maximum Gasteiger partial charge on any atom is 0.149 e. The number of aromatic nitrogens is 1. The zero-order valence-corrected chi connectivity index (χ0v) is 12.2. The molecule has 4 nitrogen and oxygen atoms in total. The maximum atomic E-state index is 13.9. The number of nitrogens with two attached hydrogens (primary N) is 1. The van der Waals surface area contributed by atoms with Gasteiger partial charge in [0, 0.05) is 31.3 Å². The topological polar surface area (TPSA) is 51.4 Å². The predicted molar refractivity (Wildman–Crippen MR) is 81.5 cm³/mol. The van der Waals surface area contributed by atoms with E-state index in [9.17, 15) is 8.78 Å². The molecule has 22 heavy (non-hydrogen) atoms. The molecule has 0 bridgehead atoms. The molecular weight excluding hydrogens is 288 g/mol. The van der Waals surface area contributed by atoms with E-state index in [2.05, 4.69) is 4.98 Å². The molecule has 1 fully saturated rings. The molecule has 0 spiro atoms. The van der Waals surface area contributed by atoms with Crippen LogP contribution in [-0.4, -0.2) is 23.7 Å². The standard InChI is InChI=1S/C16H17F2N3O/c1-16(18)5-7-21(10-16)15-9-12(4-6-20-15)22-11-2-3-14(19)13(17)8-11/h2-4,6,8-9H,5,7,10,19H2,1H3. The second-order valence-corrected chi connectivity index (χ2v) is 5.72. The Morgan fingerprint density at radius 3 is 2.73 bits per heavy atom. The monoisotopic (exact) mass is 305 g/mol. The van der Waals surface area contributed by atoms with Crippen LogP contribution >= 0.6 is 0 Å². The van der Waals surface area contributed by atoms with E-state index in [1.54, 1.807) is 31.3 Å². The molecule has 6 heteroatoms. The highest BCUT2D eigenvalue weighted by Crippen LogP contribution is 2.31. The summed E-state index contributed by atoms with van der Waals surface area (Å²) in [7, 11) is 0. The fourth-order valence-electron chi connectivity index (χ4n) is 2.46. The van der Waals surface area contributed by atoms with Gasteiger partial charge in [-0.3, -0.25) is 0 Å². The lowest BCUT2D eigenvalue weighted by molar-refractivity contribution is 0.221. The number of hydrogen-bond donors (Lipinski definition) is 1. The summed E-state index contributed by atoms with van der Waals surface area (Å²) in [6.45, 7) is 2.50. The molecule has 1 aromatic heterocycles. The molecule has 0 amide bonds. The first kappa shape index (κ1) is 14.6. The van der Waals surface area contributed by atoms with Crippen molar-refractivity contribution in [3.8, 4) is 11.5 Å². The molecule has 0 aliphatic carbocycles. The first-order valence-corrected chi connectivity index (χ1v) is 7.06. The minimum Gasteiger partial charge on any atom is -0.457 e. The highest BCUT2D eigenvalue weighted by atomic mass is 19.1. The van der Waals surface area contributed by atoms with Gasteiger partial charge in [0.1, 0.15) is 28.8 Å². The van der Waals surface area contributed by atoms with Crippen molar-refractivity contribution in [2.75, 3.05) is 23.7 Å². The summed E-state index contributed by atoms with van der Waals surface area (Å²) in [5, 5.41) is 0. The molecule has 116 valence electrons. The number of halogens is 2. The van der Waals surface area contributed by atoms with Crippen molar-refractivity contribution in [3.63, 3.8) is 0 Å². The molecule has 2 N–H and O–H groups in total. The third-order valence-electron chi connectivity index (χ3n) is 3.67. The fraction of sp³-hybridized carbons (Fsp3) is 0.312. The van der Waals surface area contributed by atoms with Gasteiger partial charge in [0.25, 0.3) is 0 Å². The van der Waals surface area contributed by atoms with Gasteiger partial charge in [0.05, 0.1) is 12.2 Å². The second-order valence-electron chi connectivity index (χ2n) is 5.72. The fourth-order valence-corrected chi connectivity index (χ4v) is 2.46. The lowest BCUT2D eigenvalue weighted by Gasteiger charge is -2.19. The van der Waals surface area contributed by atoms with Crippen molar-refractivity contribution in [3.05, 3.63) is 42.3 Å². The van der Waals surface area contributed by atoms with Crippen molar-refractivity contribution < 1.29 is 13.5 Å². The van der Waals surface area contributed by atoms with Gasteiger partial charge in [0.15, 0.2) is 0 Å². The van der Waals surface area contributed by atoms with Gasteiger partial charge >= 0.3 is 0 Å². The van der Waals surface area contributed by atoms with Crippen LogP contribution in [0.4, 0.5) is 20.3 Å². The first-order valence-electron chi connectivity index (χ1n) is 7.06. The van der Waals surface area contributed by atoms with Crippen molar-refractivity contribution in [1.29, 1.82) is 0 Å². The number of anilines is 2. The molecule has 0 saturated carbocycles. The summed E-state index contributed by atoms with van der Waals surface area (Å²) in [5.41, 5.74) is 4.31. The highest BCUT2D eigenvalue weighted by molar-refractivity contribution is 5.48. The van der Waals surface area contributed by atoms with Gasteiger partial charge in [-0.05, 0) is 25.1 Å². The Kier molecular flexibility index (Phi) is 3.60. The smallest absolute Gasteiger partial charge is 0.149 e. The summed E-state index contributed by atoms with van der Waals surface area (Å²) in [4.78, 5) is 6.12. The van der Waals surface area contributed by atoms with Crippen molar-refractivity contribution in [1.82, 2.24) is 4.98 Å². The van der Waals surface area contributed by atoms with E-state index in [1.165, 1.54) is 12.1 Å². The Morgan fingerprint density at radius 1 is 1.27 bits per heavy atom. The SMILES string of the molecule is CC1(F)CCN(c2cc(Oc3ccc(N)c(F)c3)ccn2)C1. The minimum absolute atomic E-state index is 0.0714. The van der Waals surface area contributed by atoms with Crippen LogP contribution < -0.4 is 15.4 Å². The maximum absolute atomic E-state index is 13.9. The third-order valence-corrected chi connectivity index (χ3v) is 3.67. The lowest BCUT2D eigenvalue weighted by Crippen LogP contribution is -2.26. The summed E-state index contributed by atoms with van der Waals surface area (Å²) in [5.74, 6) is 0.983. The van der Waals surface area contributed by atoms with Gasteiger partial charge in [0.2, 0.25) is 0 Å². The van der Waals surface area contributed by atoms with Crippen molar-refractivity contribution >= 4 is 11.5 Å². The number of nitrogens with zero attached hydrogens (tertiary/aromatic N) is 2. The predicted octanol–water partition coefficient (Wildman–Crippen LogP) is 3.53. The Balaban J connectivity index is 1.78. The van der Waals surface area contributed by atoms with Gasteiger partial charge in [-0.1, -0.05) is 0 Å². The number of alkyl halides is 1. The number of hydrogen-bond acceptors (Lipinski definition) is 4. The summed E-state index contributed by atoms with van der Waals surface area (Å²) in [6, 6.07) is 7.65. The van der Waals surface area contributed by atoms with Crippen LogP contribution in [0, 0.1) is 5.82 Å².